The first-order valence-electron chi connectivity index (χ1n) is 8.84. The van der Waals surface area contributed by atoms with Crippen LogP contribution in [0.2, 0.25) is 10.5 Å². The van der Waals surface area contributed by atoms with Crippen molar-refractivity contribution in [3.05, 3.63) is 82.9 Å². The van der Waals surface area contributed by atoms with E-state index in [2.05, 4.69) is 86.7 Å². The van der Waals surface area contributed by atoms with Crippen molar-refractivity contribution >= 4 is 25.4 Å². The molecular weight excluding hydrogens is 337 g/mol. The van der Waals surface area contributed by atoms with Gasteiger partial charge in [0.25, 0.3) is 0 Å². The van der Waals surface area contributed by atoms with Crippen LogP contribution in [0.3, 0.4) is 0 Å². The van der Waals surface area contributed by atoms with Gasteiger partial charge in [0.2, 0.25) is 0 Å². The molecule has 0 saturated heterocycles. The van der Waals surface area contributed by atoms with Crippen LogP contribution in [0.25, 0.3) is 12.2 Å². The van der Waals surface area contributed by atoms with Gasteiger partial charge in [-0.25, -0.2) is 0 Å². The van der Waals surface area contributed by atoms with Gasteiger partial charge >= 0.3 is 142 Å². The molecular formula is C22H24Ge. The Morgan fingerprint density at radius 1 is 0.696 bits per heavy atom. The topological polar surface area (TPSA) is 0 Å². The Morgan fingerprint density at radius 2 is 1.13 bits per heavy atom. The number of hydrogen-bond acceptors (Lipinski definition) is 0. The first kappa shape index (κ1) is 15.0. The fraction of sp³-hybridized carbons (Fsp3) is 0.273. The average Bonchev–Trinajstić information content (AvgIpc) is 3.23. The summed E-state index contributed by atoms with van der Waals surface area (Å²) in [5.74, 6) is 0. The maximum atomic E-state index is 2.53. The number of benzene rings is 2. The SMILES string of the molecule is C[CH2][Ge]([CH2]C)([CH]1C=Cc2ccccc21)[CH]1C=Cc2ccccc21. The van der Waals surface area contributed by atoms with Crippen LogP contribution < -0.4 is 0 Å². The molecule has 0 fully saturated rings. The van der Waals surface area contributed by atoms with Crippen LogP contribution in [0.4, 0.5) is 0 Å². The van der Waals surface area contributed by atoms with Crippen LogP contribution in [0.5, 0.6) is 0 Å². The van der Waals surface area contributed by atoms with Crippen LogP contribution in [-0.2, 0) is 0 Å². The molecule has 2 aliphatic carbocycles. The third-order valence-corrected chi connectivity index (χ3v) is 19.0. The molecule has 2 aliphatic rings. The Bertz CT molecular complexity index is 717. The molecule has 0 N–H and O–H groups in total. The number of rotatable bonds is 4. The normalized spacial score (nSPS) is 21.5. The van der Waals surface area contributed by atoms with E-state index in [1.54, 1.807) is 11.1 Å². The predicted octanol–water partition coefficient (Wildman–Crippen LogP) is 6.17. The average molecular weight is 361 g/mol. The van der Waals surface area contributed by atoms with Crippen molar-refractivity contribution in [2.45, 2.75) is 33.9 Å². The van der Waals surface area contributed by atoms with E-state index in [-0.39, 0.29) is 0 Å². The summed E-state index contributed by atoms with van der Waals surface area (Å²) in [4.78, 5) is 0. The molecule has 2 atom stereocenters. The maximum absolute atomic E-state index is 2.53. The molecule has 0 saturated carbocycles. The minimum atomic E-state index is -2.19. The van der Waals surface area contributed by atoms with Gasteiger partial charge in [-0.05, 0) is 0 Å². The molecule has 0 nitrogen and oxygen atoms in total. The van der Waals surface area contributed by atoms with Gasteiger partial charge in [0.15, 0.2) is 0 Å². The van der Waals surface area contributed by atoms with Crippen molar-refractivity contribution in [1.82, 2.24) is 0 Å². The Kier molecular flexibility index (Phi) is 3.81. The van der Waals surface area contributed by atoms with Gasteiger partial charge in [-0.2, -0.15) is 0 Å². The molecule has 116 valence electrons. The van der Waals surface area contributed by atoms with Gasteiger partial charge in [0, 0.05) is 0 Å². The third kappa shape index (κ3) is 2.19. The summed E-state index contributed by atoms with van der Waals surface area (Å²) in [5.41, 5.74) is 6.08. The number of allylic oxidation sites excluding steroid dienone is 2. The van der Waals surface area contributed by atoms with Crippen LogP contribution >= 0.6 is 0 Å². The molecule has 2 unspecified atom stereocenters. The Balaban J connectivity index is 1.83. The van der Waals surface area contributed by atoms with E-state index in [0.717, 1.165) is 0 Å². The molecule has 0 aliphatic heterocycles. The van der Waals surface area contributed by atoms with Gasteiger partial charge in [-0.15, -0.1) is 0 Å². The van der Waals surface area contributed by atoms with Crippen molar-refractivity contribution in [2.24, 2.45) is 0 Å². The Morgan fingerprint density at radius 3 is 1.57 bits per heavy atom. The van der Waals surface area contributed by atoms with Crippen LogP contribution in [0, 0.1) is 0 Å². The molecule has 2 aromatic rings. The summed E-state index contributed by atoms with van der Waals surface area (Å²) >= 11 is -2.19. The monoisotopic (exact) mass is 362 g/mol. The fourth-order valence-electron chi connectivity index (χ4n) is 4.82. The summed E-state index contributed by atoms with van der Waals surface area (Å²) in [6, 6.07) is 18.1. The second kappa shape index (κ2) is 5.83. The Hall–Kier alpha value is -1.54. The van der Waals surface area contributed by atoms with Crippen LogP contribution in [0.1, 0.15) is 45.6 Å². The van der Waals surface area contributed by atoms with Crippen molar-refractivity contribution < 1.29 is 0 Å². The van der Waals surface area contributed by atoms with Crippen LogP contribution in [0.15, 0.2) is 60.7 Å². The van der Waals surface area contributed by atoms with Crippen LogP contribution in [-0.4, -0.2) is 13.3 Å². The molecule has 0 heterocycles. The molecule has 1 heteroatoms. The zero-order valence-electron chi connectivity index (χ0n) is 14.0. The molecule has 0 bridgehead atoms. The fourth-order valence-corrected chi connectivity index (χ4v) is 16.1. The van der Waals surface area contributed by atoms with Gasteiger partial charge in [0.1, 0.15) is 0 Å². The standard InChI is InChI=1S/C22H24Ge/c1-3-23(4-2,21-15-13-17-9-5-7-11-19(17)21)22-16-14-18-10-6-8-12-20(18)22/h5-16,21-22H,3-4H2,1-2H3. The summed E-state index contributed by atoms with van der Waals surface area (Å²) < 4.78 is 1.39. The second-order valence-electron chi connectivity index (χ2n) is 6.87. The summed E-state index contributed by atoms with van der Waals surface area (Å²) in [5, 5.41) is 2.76. The molecule has 0 aromatic heterocycles. The summed E-state index contributed by atoms with van der Waals surface area (Å²) in [6.07, 6.45) is 9.81. The second-order valence-corrected chi connectivity index (χ2v) is 17.6. The van der Waals surface area contributed by atoms with Crippen molar-refractivity contribution in [1.29, 1.82) is 0 Å². The van der Waals surface area contributed by atoms with Crippen molar-refractivity contribution in [3.8, 4) is 0 Å². The molecule has 2 aromatic carbocycles. The first-order valence-corrected chi connectivity index (χ1v) is 14.2. The van der Waals surface area contributed by atoms with E-state index in [1.807, 2.05) is 0 Å². The molecule has 23 heavy (non-hydrogen) atoms. The molecule has 0 spiro atoms. The third-order valence-electron chi connectivity index (χ3n) is 6.15. The van der Waals surface area contributed by atoms with E-state index in [4.69, 9.17) is 0 Å². The molecule has 0 radical (unpaired) electrons. The Labute approximate surface area is 142 Å². The van der Waals surface area contributed by atoms with Gasteiger partial charge in [0.05, 0.1) is 0 Å². The van der Waals surface area contributed by atoms with E-state index in [0.29, 0.717) is 9.50 Å². The summed E-state index contributed by atoms with van der Waals surface area (Å²) in [7, 11) is 0. The number of fused-ring (bicyclic) bond motifs is 2. The predicted molar refractivity (Wildman–Crippen MR) is 103 cm³/mol. The van der Waals surface area contributed by atoms with E-state index in [1.165, 1.54) is 21.6 Å². The van der Waals surface area contributed by atoms with Crippen molar-refractivity contribution in [3.63, 3.8) is 0 Å². The first-order chi connectivity index (χ1) is 11.3. The zero-order valence-corrected chi connectivity index (χ0v) is 16.1. The number of hydrogen-bond donors (Lipinski definition) is 0. The van der Waals surface area contributed by atoms with Gasteiger partial charge < -0.3 is 0 Å². The minimum absolute atomic E-state index is 0.696. The summed E-state index contributed by atoms with van der Waals surface area (Å²) in [6.45, 7) is 4.90. The molecule has 0 amide bonds. The van der Waals surface area contributed by atoms with Crippen molar-refractivity contribution in [2.75, 3.05) is 0 Å². The van der Waals surface area contributed by atoms with E-state index < -0.39 is 13.3 Å². The molecule has 4 rings (SSSR count). The van der Waals surface area contributed by atoms with E-state index in [9.17, 15) is 0 Å². The van der Waals surface area contributed by atoms with Gasteiger partial charge in [-0.3, -0.25) is 0 Å². The van der Waals surface area contributed by atoms with Gasteiger partial charge in [-0.1, -0.05) is 0 Å². The quantitative estimate of drug-likeness (QED) is 0.571. The van der Waals surface area contributed by atoms with E-state index >= 15 is 0 Å². The zero-order chi connectivity index (χ0) is 15.9.